The summed E-state index contributed by atoms with van der Waals surface area (Å²) in [6.07, 6.45) is -0.469. The van der Waals surface area contributed by atoms with Crippen molar-refractivity contribution >= 4 is 49.5 Å². The minimum atomic E-state index is -3.83. The second-order valence-corrected chi connectivity index (χ2v) is 11.7. The van der Waals surface area contributed by atoms with Crippen LogP contribution in [0.25, 0.3) is 10.2 Å². The van der Waals surface area contributed by atoms with Gasteiger partial charge in [-0.15, -0.1) is 0 Å². The number of esters is 1. The molecule has 0 atom stereocenters. The van der Waals surface area contributed by atoms with E-state index < -0.39 is 28.0 Å². The molecule has 5 rings (SSSR count). The highest BCUT2D eigenvalue weighted by Crippen LogP contribution is 2.37. The fourth-order valence-corrected chi connectivity index (χ4v) is 6.75. The number of aromatic nitrogens is 1. The van der Waals surface area contributed by atoms with Crippen LogP contribution in [0.4, 0.5) is 4.79 Å². The van der Waals surface area contributed by atoms with Crippen molar-refractivity contribution < 1.29 is 41.7 Å². The zero-order valence-corrected chi connectivity index (χ0v) is 23.3. The van der Waals surface area contributed by atoms with Crippen LogP contribution in [-0.4, -0.2) is 86.8 Å². The van der Waals surface area contributed by atoms with Gasteiger partial charge in [0.15, 0.2) is 16.3 Å². The van der Waals surface area contributed by atoms with Crippen LogP contribution in [-0.2, 0) is 30.8 Å². The van der Waals surface area contributed by atoms with Crippen LogP contribution in [0, 0.1) is 0 Å². The van der Waals surface area contributed by atoms with E-state index in [9.17, 15) is 22.8 Å². The number of fused-ring (bicyclic) bond motifs is 2. The molecule has 0 unspecified atom stereocenters. The molecule has 0 aliphatic carbocycles. The van der Waals surface area contributed by atoms with Crippen LogP contribution >= 0.6 is 11.3 Å². The molecule has 0 bridgehead atoms. The third-order valence-electron chi connectivity index (χ3n) is 6.39. The molecule has 3 aromatic rings. The van der Waals surface area contributed by atoms with E-state index in [1.807, 2.05) is 0 Å². The van der Waals surface area contributed by atoms with Gasteiger partial charge in [-0.05, 0) is 31.2 Å². The first-order valence-electron chi connectivity index (χ1n) is 12.3. The Morgan fingerprint density at radius 3 is 2.35 bits per heavy atom. The van der Waals surface area contributed by atoms with Crippen LogP contribution in [0.3, 0.4) is 0 Å². The van der Waals surface area contributed by atoms with Crippen LogP contribution in [0.2, 0.25) is 0 Å². The summed E-state index contributed by atoms with van der Waals surface area (Å²) in [5.41, 5.74) is 0.790. The normalized spacial score (nSPS) is 15.8. The number of ether oxygens (including phenoxy) is 4. The molecule has 1 aromatic heterocycles. The average Bonchev–Trinajstić information content (AvgIpc) is 3.55. The number of methoxy groups -OCH3 is 1. The summed E-state index contributed by atoms with van der Waals surface area (Å²) in [5, 5.41) is 0. The molecule has 0 radical (unpaired) electrons. The van der Waals surface area contributed by atoms with Gasteiger partial charge in [0, 0.05) is 43.9 Å². The van der Waals surface area contributed by atoms with E-state index in [1.165, 1.54) is 51.9 Å². The largest absolute Gasteiger partial charge is 0.468 e. The lowest BCUT2D eigenvalue weighted by Crippen LogP contribution is -2.50. The molecule has 1 saturated heterocycles. The third kappa shape index (κ3) is 5.39. The average molecular weight is 591 g/mol. The minimum absolute atomic E-state index is 0.0192. The lowest BCUT2D eigenvalue weighted by Gasteiger charge is -2.33. The third-order valence-corrected chi connectivity index (χ3v) is 9.35. The minimum Gasteiger partial charge on any atom is -0.468 e. The molecule has 15 heteroatoms. The Morgan fingerprint density at radius 1 is 1.02 bits per heavy atom. The topological polar surface area (TPSA) is 146 Å². The Morgan fingerprint density at radius 2 is 1.70 bits per heavy atom. The van der Waals surface area contributed by atoms with Crippen molar-refractivity contribution in [3.8, 4) is 11.5 Å². The van der Waals surface area contributed by atoms with E-state index in [-0.39, 0.29) is 61.4 Å². The van der Waals surface area contributed by atoms with Crippen molar-refractivity contribution in [1.82, 2.24) is 13.8 Å². The molecular formula is C25H26N4O9S2. The number of hydrogen-bond donors (Lipinski definition) is 0. The molecule has 2 aromatic carbocycles. The molecule has 0 N–H and O–H groups in total. The van der Waals surface area contributed by atoms with Crippen molar-refractivity contribution in [3.05, 3.63) is 46.8 Å². The summed E-state index contributed by atoms with van der Waals surface area (Å²) in [5.74, 6) is -0.0713. The molecule has 40 heavy (non-hydrogen) atoms. The number of hydrogen-bond acceptors (Lipinski definition) is 10. The summed E-state index contributed by atoms with van der Waals surface area (Å²) in [6, 6.07) is 8.95. The number of sulfonamides is 1. The Kier molecular flexibility index (Phi) is 7.78. The van der Waals surface area contributed by atoms with Gasteiger partial charge in [0.1, 0.15) is 6.54 Å². The highest BCUT2D eigenvalue weighted by Gasteiger charge is 2.30. The van der Waals surface area contributed by atoms with E-state index in [0.29, 0.717) is 17.0 Å². The molecule has 13 nitrogen and oxygen atoms in total. The number of piperazine rings is 1. The second kappa shape index (κ2) is 11.3. The highest BCUT2D eigenvalue weighted by molar-refractivity contribution is 7.89. The van der Waals surface area contributed by atoms with Crippen molar-refractivity contribution in [3.63, 3.8) is 0 Å². The molecule has 1 fully saturated rings. The summed E-state index contributed by atoms with van der Waals surface area (Å²) >= 11 is 1.19. The number of amides is 2. The van der Waals surface area contributed by atoms with Crippen molar-refractivity contribution in [2.75, 3.05) is 46.7 Å². The first-order valence-corrected chi connectivity index (χ1v) is 14.6. The number of carbonyl (C=O) groups excluding carboxylic acids is 3. The van der Waals surface area contributed by atoms with Crippen LogP contribution < -0.4 is 14.3 Å². The molecule has 2 aliphatic heterocycles. The Hall–Kier alpha value is -3.95. The summed E-state index contributed by atoms with van der Waals surface area (Å²) in [4.78, 5) is 43.0. The SMILES string of the molecule is CCOC(=O)N1CCN(S(=O)(=O)c2ccc(C(=O)N=c3sc4cc5c(cc4n3CC(=O)OC)OCO5)cc2)CC1. The molecule has 212 valence electrons. The van der Waals surface area contributed by atoms with Crippen molar-refractivity contribution in [2.24, 2.45) is 4.99 Å². The van der Waals surface area contributed by atoms with Gasteiger partial charge in [0.25, 0.3) is 5.91 Å². The second-order valence-electron chi connectivity index (χ2n) is 8.75. The highest BCUT2D eigenvalue weighted by atomic mass is 32.2. The molecule has 2 amide bonds. The predicted octanol–water partition coefficient (Wildman–Crippen LogP) is 1.81. The van der Waals surface area contributed by atoms with Crippen LogP contribution in [0.5, 0.6) is 11.5 Å². The number of benzene rings is 2. The Balaban J connectivity index is 1.38. The smallest absolute Gasteiger partial charge is 0.409 e. The number of rotatable bonds is 6. The van der Waals surface area contributed by atoms with E-state index in [4.69, 9.17) is 18.9 Å². The summed E-state index contributed by atoms with van der Waals surface area (Å²) in [6.45, 7) is 2.56. The van der Waals surface area contributed by atoms with Crippen molar-refractivity contribution in [1.29, 1.82) is 0 Å². The maximum Gasteiger partial charge on any atom is 0.409 e. The number of carbonyl (C=O) groups is 3. The van der Waals surface area contributed by atoms with Gasteiger partial charge in [0.05, 0.1) is 28.8 Å². The fourth-order valence-electron chi connectivity index (χ4n) is 4.29. The zero-order valence-electron chi connectivity index (χ0n) is 21.7. The first-order chi connectivity index (χ1) is 19.2. The standard InChI is InChI=1S/C25H26N4O9S2/c1-3-36-25(32)27-8-10-28(11-9-27)40(33,34)17-6-4-16(5-7-17)23(31)26-24-29(14-22(30)35-2)18-12-19-20(38-15-37-19)13-21(18)39-24/h4-7,12-13H,3,8-11,14-15H2,1-2H3. The number of thiazole rings is 1. The van der Waals surface area contributed by atoms with Gasteiger partial charge in [0.2, 0.25) is 16.8 Å². The van der Waals surface area contributed by atoms with Gasteiger partial charge >= 0.3 is 12.1 Å². The molecule has 3 heterocycles. The Bertz CT molecular complexity index is 1640. The lowest BCUT2D eigenvalue weighted by molar-refractivity contribution is -0.141. The van der Waals surface area contributed by atoms with E-state index >= 15 is 0 Å². The van der Waals surface area contributed by atoms with Gasteiger partial charge in [-0.3, -0.25) is 9.59 Å². The Labute approximate surface area is 233 Å². The van der Waals surface area contributed by atoms with Gasteiger partial charge in [-0.1, -0.05) is 11.3 Å². The molecule has 0 saturated carbocycles. The molecular weight excluding hydrogens is 564 g/mol. The van der Waals surface area contributed by atoms with E-state index in [0.717, 1.165) is 4.70 Å². The number of nitrogens with zero attached hydrogens (tertiary/aromatic N) is 4. The van der Waals surface area contributed by atoms with Gasteiger partial charge in [-0.2, -0.15) is 9.30 Å². The maximum absolute atomic E-state index is 13.1. The zero-order chi connectivity index (χ0) is 28.4. The summed E-state index contributed by atoms with van der Waals surface area (Å²) in [7, 11) is -2.57. The maximum atomic E-state index is 13.1. The predicted molar refractivity (Wildman–Crippen MR) is 142 cm³/mol. The lowest BCUT2D eigenvalue weighted by atomic mass is 10.2. The van der Waals surface area contributed by atoms with Gasteiger partial charge < -0.3 is 28.4 Å². The van der Waals surface area contributed by atoms with Crippen LogP contribution in [0.1, 0.15) is 17.3 Å². The first kappa shape index (κ1) is 27.6. The van der Waals surface area contributed by atoms with Crippen LogP contribution in [0.15, 0.2) is 46.3 Å². The van der Waals surface area contributed by atoms with Crippen molar-refractivity contribution in [2.45, 2.75) is 18.4 Å². The molecule has 2 aliphatic rings. The molecule has 0 spiro atoms. The monoisotopic (exact) mass is 590 g/mol. The fraction of sp³-hybridized carbons (Fsp3) is 0.360. The van der Waals surface area contributed by atoms with Gasteiger partial charge in [-0.25, -0.2) is 13.2 Å². The quantitative estimate of drug-likeness (QED) is 0.392. The summed E-state index contributed by atoms with van der Waals surface area (Å²) < 4.78 is 50.5. The van der Waals surface area contributed by atoms with E-state index in [2.05, 4.69) is 4.99 Å². The van der Waals surface area contributed by atoms with E-state index in [1.54, 1.807) is 23.6 Å².